The van der Waals surface area contributed by atoms with Gasteiger partial charge in [0.15, 0.2) is 0 Å². The van der Waals surface area contributed by atoms with Crippen molar-refractivity contribution in [2.24, 2.45) is 52.7 Å². The number of amides is 17. The maximum atomic E-state index is 14.8. The summed E-state index contributed by atoms with van der Waals surface area (Å²) in [6.45, 7) is 18.9. The number of primary amides is 1. The lowest BCUT2D eigenvalue weighted by atomic mass is 9.98. The van der Waals surface area contributed by atoms with Crippen molar-refractivity contribution in [3.05, 3.63) is 29.8 Å². The first-order valence-corrected chi connectivity index (χ1v) is 45.2. The van der Waals surface area contributed by atoms with Crippen LogP contribution in [0.4, 0.5) is 0 Å². The minimum atomic E-state index is -1.97. The van der Waals surface area contributed by atoms with E-state index in [0.29, 0.717) is 6.42 Å². The highest BCUT2D eigenvalue weighted by molar-refractivity contribution is 6.02. The first kappa shape index (κ1) is 118. The van der Waals surface area contributed by atoms with Gasteiger partial charge in [-0.25, -0.2) is 4.79 Å². The Morgan fingerprint density at radius 2 is 0.763 bits per heavy atom. The molecule has 1 saturated heterocycles. The summed E-state index contributed by atoms with van der Waals surface area (Å²) in [6.07, 6.45) is -6.22. The number of phenols is 1. The molecular weight excluding hydrogens is 1780 g/mol. The van der Waals surface area contributed by atoms with Crippen molar-refractivity contribution in [1.82, 2.24) is 84.7 Å². The number of carboxylic acids is 5. The molecule has 0 spiro atoms. The molecule has 17 amide bonds. The van der Waals surface area contributed by atoms with E-state index in [1.807, 2.05) is 0 Å². The van der Waals surface area contributed by atoms with Crippen LogP contribution in [0.3, 0.4) is 0 Å². The van der Waals surface area contributed by atoms with Gasteiger partial charge >= 0.3 is 29.8 Å². The minimum Gasteiger partial charge on any atom is -0.508 e. The van der Waals surface area contributed by atoms with Gasteiger partial charge in [0.1, 0.15) is 96.4 Å². The summed E-state index contributed by atoms with van der Waals surface area (Å²) in [5.41, 5.74) is 17.3. The van der Waals surface area contributed by atoms with Crippen LogP contribution >= 0.6 is 0 Å². The number of nitrogens with two attached hydrogens (primary N) is 3. The Balaban J connectivity index is 2.54. The van der Waals surface area contributed by atoms with Crippen molar-refractivity contribution in [3.63, 3.8) is 0 Å². The van der Waals surface area contributed by atoms with Crippen LogP contribution in [0, 0.1) is 35.5 Å². The third-order valence-corrected chi connectivity index (χ3v) is 21.6. The number of aliphatic hydroxyl groups excluding tert-OH is 1. The fraction of sp³-hybridized carbons (Fsp3) is 0.678. The molecule has 1 aromatic rings. The third kappa shape index (κ3) is 44.3. The van der Waals surface area contributed by atoms with Crippen molar-refractivity contribution < 1.29 is 141 Å². The van der Waals surface area contributed by atoms with Crippen molar-refractivity contribution in [1.29, 1.82) is 0 Å². The maximum Gasteiger partial charge on any atom is 0.326 e. The minimum absolute atomic E-state index is 0.0171. The first-order valence-electron chi connectivity index (χ1n) is 45.2. The molecule has 0 aromatic heterocycles. The summed E-state index contributed by atoms with van der Waals surface area (Å²) in [5, 5.41) is 106. The fourth-order valence-corrected chi connectivity index (χ4v) is 14.2. The number of carbonyl (C=O) groups is 22. The van der Waals surface area contributed by atoms with Crippen LogP contribution in [0.1, 0.15) is 218 Å². The normalized spacial score (nSPS) is 16.0. The number of aromatic hydroxyl groups is 1. The number of aliphatic carboxylic acids is 5. The van der Waals surface area contributed by atoms with Crippen molar-refractivity contribution in [3.8, 4) is 5.75 Å². The lowest BCUT2D eigenvalue weighted by molar-refractivity contribution is -0.146. The number of aliphatic hydroxyl groups is 1. The summed E-state index contributed by atoms with van der Waals surface area (Å²) in [7, 11) is 0. The monoisotopic (exact) mass is 1920 g/mol. The number of nitrogens with one attached hydrogen (secondary N) is 15. The van der Waals surface area contributed by atoms with E-state index in [2.05, 4.69) is 79.8 Å². The molecule has 1 aliphatic rings. The summed E-state index contributed by atoms with van der Waals surface area (Å²) < 4.78 is 0. The van der Waals surface area contributed by atoms with E-state index in [-0.39, 0.29) is 94.0 Å². The number of carbonyl (C=O) groups excluding carboxylic acids is 17. The van der Waals surface area contributed by atoms with Crippen LogP contribution in [0.25, 0.3) is 0 Å². The van der Waals surface area contributed by atoms with E-state index >= 15 is 0 Å². The van der Waals surface area contributed by atoms with E-state index in [0.717, 1.165) is 4.90 Å². The second-order valence-corrected chi connectivity index (χ2v) is 35.7. The Morgan fingerprint density at radius 1 is 0.407 bits per heavy atom. The van der Waals surface area contributed by atoms with Gasteiger partial charge < -0.3 is 138 Å². The van der Waals surface area contributed by atoms with Crippen LogP contribution in [-0.4, -0.2) is 294 Å². The third-order valence-electron chi connectivity index (χ3n) is 21.6. The Bertz CT molecular complexity index is 4240. The lowest BCUT2D eigenvalue weighted by Gasteiger charge is -2.31. The molecule has 135 heavy (non-hydrogen) atoms. The van der Waals surface area contributed by atoms with Gasteiger partial charge in [-0.05, 0) is 150 Å². The summed E-state index contributed by atoms with van der Waals surface area (Å²) in [6, 6.07) is -20.3. The second kappa shape index (κ2) is 59.8. The molecule has 48 nitrogen and oxygen atoms in total. The standard InChI is InChI=1S/C87H141N19O29/c1-14-47(12)71(87(134)135)105-84(131)63-19-17-33-106(63)86(133)55(27-31-69(117)118)96-78(125)59(37-45(8)9)102-85(132)70(46(10)11)104-83(130)62(41-107)103-82(129)61(39-64(90)109)101-80(127)58(36-44(6)7)99-79(126)57(35-43(4)5)98-74(121)51(18-15-16-32-88)94-76(123)54(26-30-68(115)116)95-81(128)60(38-49-20-22-50(108)23-21-49)100-75(122)52(24-28-66(111)112)92-65(110)40-91-73(120)56(34-42(2)3)97-77(124)53(25-29-67(113)114)93-72(119)48(13)89/h20-23,42-48,51-63,70-71,107-108H,14-19,24-41,88-89H2,1-13H3,(H2,90,109)(H,91,120)(H,92,110)(H,93,119)(H,94,123)(H,95,128)(H,96,125)(H,97,124)(H,98,121)(H,99,126)(H,100,122)(H,101,127)(H,102,132)(H,103,129)(H,104,130)(H,105,131)(H,111,112)(H,113,114)(H,115,116)(H,117,118)(H,134,135)/t47-,48-,51-,52-,53-,54-,55-,56-,57-,58-,59-,60-,61-,62-,63-,70-,71-/m0/s1. The summed E-state index contributed by atoms with van der Waals surface area (Å²) >= 11 is 0. The van der Waals surface area contributed by atoms with Crippen molar-refractivity contribution in [2.75, 3.05) is 26.2 Å². The Labute approximate surface area is 782 Å². The number of hydrogen-bond acceptors (Lipinski definition) is 26. The fourth-order valence-electron chi connectivity index (χ4n) is 14.2. The molecule has 0 aliphatic carbocycles. The highest BCUT2D eigenvalue weighted by Gasteiger charge is 2.43. The number of rotatable bonds is 64. The van der Waals surface area contributed by atoms with Gasteiger partial charge in [-0.2, -0.15) is 0 Å². The first-order chi connectivity index (χ1) is 63.1. The number of nitrogens with zero attached hydrogens (tertiary/aromatic N) is 1. The van der Waals surface area contributed by atoms with Crippen LogP contribution in [0.2, 0.25) is 0 Å². The highest BCUT2D eigenvalue weighted by atomic mass is 16.4. The molecule has 17 atom stereocenters. The van der Waals surface area contributed by atoms with E-state index in [1.54, 1.807) is 69.2 Å². The smallest absolute Gasteiger partial charge is 0.326 e. The highest BCUT2D eigenvalue weighted by Crippen LogP contribution is 2.23. The molecule has 0 radical (unpaired) electrons. The molecule has 0 bridgehead atoms. The zero-order valence-electron chi connectivity index (χ0n) is 78.8. The number of carboxylic acid groups (broad SMARTS) is 5. The zero-order chi connectivity index (χ0) is 103. The van der Waals surface area contributed by atoms with Crippen molar-refractivity contribution in [2.45, 2.75) is 315 Å². The predicted octanol–water partition coefficient (Wildman–Crippen LogP) is -4.40. The number of phenolic OH excluding ortho intramolecular Hbond substituents is 1. The van der Waals surface area contributed by atoms with Crippen LogP contribution < -0.4 is 97.0 Å². The Morgan fingerprint density at radius 3 is 1.16 bits per heavy atom. The van der Waals surface area contributed by atoms with Gasteiger partial charge in [0.25, 0.3) is 0 Å². The molecule has 1 aliphatic heterocycles. The van der Waals surface area contributed by atoms with Crippen LogP contribution in [-0.2, 0) is 112 Å². The average molecular weight is 1920 g/mol. The Hall–Kier alpha value is -12.8. The number of likely N-dealkylation sites (tertiary alicyclic amines) is 1. The van der Waals surface area contributed by atoms with Gasteiger partial charge in [-0.1, -0.05) is 102 Å². The topological polar surface area (TPSA) is 779 Å². The van der Waals surface area contributed by atoms with Crippen molar-refractivity contribution >= 4 is 130 Å². The Kier molecular flexibility index (Phi) is 52.4. The molecule has 28 N–H and O–H groups in total. The molecule has 2 rings (SSSR count). The second-order valence-electron chi connectivity index (χ2n) is 35.7. The van der Waals surface area contributed by atoms with E-state index in [9.17, 15) is 141 Å². The van der Waals surface area contributed by atoms with Gasteiger partial charge in [0.05, 0.1) is 25.6 Å². The number of hydrogen-bond donors (Lipinski definition) is 25. The lowest BCUT2D eigenvalue weighted by Crippen LogP contribution is -2.62. The van der Waals surface area contributed by atoms with Gasteiger partial charge in [-0.3, -0.25) is 101 Å². The molecule has 48 heteroatoms. The van der Waals surface area contributed by atoms with Gasteiger partial charge in [0, 0.05) is 38.6 Å². The summed E-state index contributed by atoms with van der Waals surface area (Å²) in [5.74, 6) is -28.1. The largest absolute Gasteiger partial charge is 0.508 e. The van der Waals surface area contributed by atoms with E-state index in [1.165, 1.54) is 45.0 Å². The molecule has 1 aromatic carbocycles. The number of benzene rings is 1. The van der Waals surface area contributed by atoms with Crippen LogP contribution in [0.15, 0.2) is 24.3 Å². The van der Waals surface area contributed by atoms with E-state index in [4.69, 9.17) is 17.2 Å². The summed E-state index contributed by atoms with van der Waals surface area (Å²) in [4.78, 5) is 300. The molecule has 1 heterocycles. The molecule has 1 fully saturated rings. The predicted molar refractivity (Wildman–Crippen MR) is 481 cm³/mol. The maximum absolute atomic E-state index is 14.8. The van der Waals surface area contributed by atoms with Gasteiger partial charge in [-0.15, -0.1) is 0 Å². The number of unbranched alkanes of at least 4 members (excludes halogenated alkanes) is 1. The zero-order valence-corrected chi connectivity index (χ0v) is 78.8. The average Bonchev–Trinajstić information content (AvgIpc) is 1.69. The van der Waals surface area contributed by atoms with Gasteiger partial charge in [0.2, 0.25) is 100 Å². The molecule has 0 saturated carbocycles. The van der Waals surface area contributed by atoms with E-state index < -0.39 is 328 Å². The van der Waals surface area contributed by atoms with Crippen LogP contribution in [0.5, 0.6) is 5.75 Å². The molecule has 0 unspecified atom stereocenters. The SMILES string of the molecule is CC[C@H](C)[C@H](NC(=O)[C@@H]1CCCN1C(=O)[C@H](CCC(=O)O)NC(=O)[C@H](CC(C)C)NC(=O)[C@@H](NC(=O)[C@H](CO)NC(=O)[C@H](CC(N)=O)NC(=O)[C@H](CC(C)C)NC(=O)[C@H](CC(C)C)NC(=O)[C@H](CCCCN)NC(=O)[C@H](CCC(=O)O)NC(=O)[C@H](Cc1ccc(O)cc1)NC(=O)[C@H](CCC(=O)O)NC(=O)CNC(=O)[C@H](CC(C)C)NC(=O)[C@H](CCC(=O)O)NC(=O)[C@H](C)N)C(C)C)C(=O)O. The molecule has 758 valence electrons. The quantitative estimate of drug-likeness (QED) is 0.0274. The molecular formula is C87H141N19O29.